The minimum absolute atomic E-state index is 0.124. The smallest absolute Gasteiger partial charge is 0.260 e. The lowest BCUT2D eigenvalue weighted by atomic mass is 9.76. The van der Waals surface area contributed by atoms with Crippen LogP contribution in [-0.2, 0) is 0 Å². The topological polar surface area (TPSA) is 77.2 Å². The number of hydrazine groups is 1. The molecule has 3 aromatic rings. The Kier molecular flexibility index (Phi) is 5.40. The van der Waals surface area contributed by atoms with Crippen LogP contribution in [0.4, 0.5) is 0 Å². The van der Waals surface area contributed by atoms with E-state index in [1.54, 1.807) is 18.3 Å². The molecule has 3 atom stereocenters. The molecule has 0 aliphatic carbocycles. The van der Waals surface area contributed by atoms with Crippen LogP contribution in [0, 0.1) is 5.92 Å². The van der Waals surface area contributed by atoms with Gasteiger partial charge in [-0.15, -0.1) is 0 Å². The number of H-pyrrole nitrogens is 1. The standard InChI is InChI=1S/C25H26N4O2/c30-24-19(12-7-14-26-24)25(31)29-15-13-21-20(16-29)23(28-27-21)22(17-8-3-1-4-9-17)18-10-5-2-6-11-18/h1-12,14,20-23,27-28H,13,15-16H2,(H,26,30). The zero-order chi connectivity index (χ0) is 21.2. The molecule has 6 nitrogen and oxygen atoms in total. The van der Waals surface area contributed by atoms with Gasteiger partial charge in [0.2, 0.25) is 0 Å². The molecular weight excluding hydrogens is 388 g/mol. The minimum Gasteiger partial charge on any atom is -0.338 e. The van der Waals surface area contributed by atoms with Crippen molar-refractivity contribution < 1.29 is 4.79 Å². The normalized spacial score (nSPS) is 23.0. The van der Waals surface area contributed by atoms with Crippen LogP contribution < -0.4 is 16.4 Å². The number of carbonyl (C=O) groups is 1. The van der Waals surface area contributed by atoms with E-state index in [1.807, 2.05) is 17.0 Å². The number of hydrogen-bond acceptors (Lipinski definition) is 4. The van der Waals surface area contributed by atoms with Crippen LogP contribution in [0.5, 0.6) is 0 Å². The summed E-state index contributed by atoms with van der Waals surface area (Å²) in [6.07, 6.45) is 2.40. The fraction of sp³-hybridized carbons (Fsp3) is 0.280. The van der Waals surface area contributed by atoms with Gasteiger partial charge in [0.25, 0.3) is 11.5 Å². The Morgan fingerprint density at radius 2 is 1.58 bits per heavy atom. The molecule has 158 valence electrons. The van der Waals surface area contributed by atoms with Gasteiger partial charge >= 0.3 is 0 Å². The van der Waals surface area contributed by atoms with Crippen molar-refractivity contribution in [2.24, 2.45) is 5.92 Å². The maximum absolute atomic E-state index is 13.1. The van der Waals surface area contributed by atoms with Gasteiger partial charge in [0.05, 0.1) is 0 Å². The number of aromatic amines is 1. The van der Waals surface area contributed by atoms with Crippen LogP contribution in [-0.4, -0.2) is 41.0 Å². The first-order valence-electron chi connectivity index (χ1n) is 10.8. The number of nitrogens with zero attached hydrogens (tertiary/aromatic N) is 1. The largest absolute Gasteiger partial charge is 0.338 e. The van der Waals surface area contributed by atoms with Crippen molar-refractivity contribution >= 4 is 5.91 Å². The van der Waals surface area contributed by atoms with Crippen LogP contribution in [0.2, 0.25) is 0 Å². The summed E-state index contributed by atoms with van der Waals surface area (Å²) >= 11 is 0. The van der Waals surface area contributed by atoms with E-state index < -0.39 is 0 Å². The third-order valence-electron chi connectivity index (χ3n) is 6.57. The SMILES string of the molecule is O=C(c1ccc[nH]c1=O)N1CCC2NNC(C(c3ccccc3)c3ccccc3)C2C1. The lowest BCUT2D eigenvalue weighted by Gasteiger charge is -2.38. The number of piperidine rings is 1. The van der Waals surface area contributed by atoms with Crippen LogP contribution >= 0.6 is 0 Å². The number of amides is 1. The van der Waals surface area contributed by atoms with Crippen LogP contribution in [0.25, 0.3) is 0 Å². The Balaban J connectivity index is 1.45. The summed E-state index contributed by atoms with van der Waals surface area (Å²) in [5, 5.41) is 0. The number of carbonyl (C=O) groups excluding carboxylic acids is 1. The quantitative estimate of drug-likeness (QED) is 0.613. The number of rotatable bonds is 4. The number of benzene rings is 2. The van der Waals surface area contributed by atoms with E-state index in [0.29, 0.717) is 13.1 Å². The Labute approximate surface area is 181 Å². The molecule has 1 amide bonds. The number of nitrogens with one attached hydrogen (secondary N) is 3. The molecule has 5 rings (SSSR count). The molecule has 2 aromatic carbocycles. The van der Waals surface area contributed by atoms with Crippen molar-refractivity contribution in [3.63, 3.8) is 0 Å². The maximum atomic E-state index is 13.1. The monoisotopic (exact) mass is 414 g/mol. The zero-order valence-electron chi connectivity index (χ0n) is 17.2. The van der Waals surface area contributed by atoms with E-state index in [-0.39, 0.29) is 40.9 Å². The van der Waals surface area contributed by atoms with Crippen LogP contribution in [0.3, 0.4) is 0 Å². The van der Waals surface area contributed by atoms with Crippen molar-refractivity contribution in [2.75, 3.05) is 13.1 Å². The molecule has 0 bridgehead atoms. The molecule has 3 N–H and O–H groups in total. The molecule has 0 radical (unpaired) electrons. The predicted molar refractivity (Wildman–Crippen MR) is 120 cm³/mol. The first-order chi connectivity index (χ1) is 15.2. The van der Waals surface area contributed by atoms with Gasteiger partial charge in [0.1, 0.15) is 5.56 Å². The molecule has 31 heavy (non-hydrogen) atoms. The highest BCUT2D eigenvalue weighted by Gasteiger charge is 2.45. The van der Waals surface area contributed by atoms with E-state index in [4.69, 9.17) is 0 Å². The van der Waals surface area contributed by atoms with Gasteiger partial charge in [-0.25, -0.2) is 0 Å². The molecule has 2 fully saturated rings. The molecule has 1 aromatic heterocycles. The van der Waals surface area contributed by atoms with Gasteiger partial charge in [0, 0.05) is 43.2 Å². The average Bonchev–Trinajstić information content (AvgIpc) is 3.23. The lowest BCUT2D eigenvalue weighted by Crippen LogP contribution is -2.50. The first kappa shape index (κ1) is 19.7. The first-order valence-corrected chi connectivity index (χ1v) is 10.8. The molecule has 2 aliphatic rings. The Bertz CT molecular complexity index is 1060. The molecule has 2 aliphatic heterocycles. The summed E-state index contributed by atoms with van der Waals surface area (Å²) in [5.41, 5.74) is 9.40. The molecule has 0 spiro atoms. The number of aromatic nitrogens is 1. The van der Waals surface area contributed by atoms with E-state index in [2.05, 4.69) is 64.4 Å². The summed E-state index contributed by atoms with van der Waals surface area (Å²) in [6.45, 7) is 1.25. The predicted octanol–water partition coefficient (Wildman–Crippen LogP) is 2.51. The van der Waals surface area contributed by atoms with Crippen molar-refractivity contribution in [1.82, 2.24) is 20.7 Å². The molecular formula is C25H26N4O2. The lowest BCUT2D eigenvalue weighted by molar-refractivity contribution is 0.0648. The van der Waals surface area contributed by atoms with Gasteiger partial charge in [-0.05, 0) is 29.7 Å². The highest BCUT2D eigenvalue weighted by atomic mass is 16.2. The van der Waals surface area contributed by atoms with E-state index in [1.165, 1.54) is 11.1 Å². The summed E-state index contributed by atoms with van der Waals surface area (Å²) in [5.74, 6) is 0.188. The van der Waals surface area contributed by atoms with Crippen molar-refractivity contribution in [1.29, 1.82) is 0 Å². The van der Waals surface area contributed by atoms with Gasteiger partial charge in [-0.3, -0.25) is 20.4 Å². The molecule has 0 saturated carbocycles. The highest BCUT2D eigenvalue weighted by Crippen LogP contribution is 2.37. The Hall–Kier alpha value is -3.22. The number of hydrogen-bond donors (Lipinski definition) is 3. The minimum atomic E-state index is -0.333. The van der Waals surface area contributed by atoms with Crippen LogP contribution in [0.15, 0.2) is 83.8 Å². The third kappa shape index (κ3) is 3.80. The van der Waals surface area contributed by atoms with Crippen LogP contribution in [0.1, 0.15) is 33.8 Å². The Morgan fingerprint density at radius 3 is 2.23 bits per heavy atom. The Morgan fingerprint density at radius 1 is 0.903 bits per heavy atom. The second-order valence-electron chi connectivity index (χ2n) is 8.34. The summed E-state index contributed by atoms with van der Waals surface area (Å²) in [7, 11) is 0. The summed E-state index contributed by atoms with van der Waals surface area (Å²) < 4.78 is 0. The maximum Gasteiger partial charge on any atom is 0.260 e. The van der Waals surface area contributed by atoms with E-state index in [9.17, 15) is 9.59 Å². The zero-order valence-corrected chi connectivity index (χ0v) is 17.2. The second-order valence-corrected chi connectivity index (χ2v) is 8.34. The van der Waals surface area contributed by atoms with Gasteiger partial charge < -0.3 is 9.88 Å². The average molecular weight is 415 g/mol. The van der Waals surface area contributed by atoms with E-state index >= 15 is 0 Å². The van der Waals surface area contributed by atoms with Gasteiger partial charge in [-0.2, -0.15) is 0 Å². The van der Waals surface area contributed by atoms with Gasteiger partial charge in [-0.1, -0.05) is 60.7 Å². The number of pyridine rings is 1. The molecule has 2 saturated heterocycles. The molecule has 3 heterocycles. The van der Waals surface area contributed by atoms with Gasteiger partial charge in [0.15, 0.2) is 0 Å². The highest BCUT2D eigenvalue weighted by molar-refractivity contribution is 5.93. The van der Waals surface area contributed by atoms with Crippen molar-refractivity contribution in [3.05, 3.63) is 106 Å². The van der Waals surface area contributed by atoms with E-state index in [0.717, 1.165) is 6.42 Å². The fourth-order valence-electron chi connectivity index (χ4n) is 5.04. The van der Waals surface area contributed by atoms with Crippen molar-refractivity contribution in [2.45, 2.75) is 24.4 Å². The molecule has 6 heteroatoms. The third-order valence-corrected chi connectivity index (χ3v) is 6.57. The number of fused-ring (bicyclic) bond motifs is 1. The second kappa shape index (κ2) is 8.49. The number of likely N-dealkylation sites (tertiary alicyclic amines) is 1. The summed E-state index contributed by atoms with van der Waals surface area (Å²) in [4.78, 5) is 29.7. The fourth-order valence-corrected chi connectivity index (χ4v) is 5.04. The summed E-state index contributed by atoms with van der Waals surface area (Å²) in [6, 6.07) is 24.8. The molecule has 3 unspecified atom stereocenters. The van der Waals surface area contributed by atoms with Crippen molar-refractivity contribution in [3.8, 4) is 0 Å².